The minimum absolute atomic E-state index is 0.0844. The Labute approximate surface area is 197 Å². The molecule has 0 spiro atoms. The van der Waals surface area contributed by atoms with Crippen LogP contribution in [0.3, 0.4) is 0 Å². The summed E-state index contributed by atoms with van der Waals surface area (Å²) in [5.41, 5.74) is 3.09. The second-order valence-electron chi connectivity index (χ2n) is 9.80. The van der Waals surface area contributed by atoms with E-state index in [0.717, 1.165) is 24.0 Å². The van der Waals surface area contributed by atoms with Crippen LogP contribution in [0.5, 0.6) is 0 Å². The van der Waals surface area contributed by atoms with Gasteiger partial charge in [-0.05, 0) is 77.1 Å². The van der Waals surface area contributed by atoms with Crippen molar-refractivity contribution in [3.63, 3.8) is 0 Å². The van der Waals surface area contributed by atoms with Gasteiger partial charge in [0.2, 0.25) is 11.6 Å². The summed E-state index contributed by atoms with van der Waals surface area (Å²) in [5, 5.41) is 7.51. The van der Waals surface area contributed by atoms with Gasteiger partial charge in [0, 0.05) is 18.0 Å². The van der Waals surface area contributed by atoms with Gasteiger partial charge in [0.25, 0.3) is 0 Å². The van der Waals surface area contributed by atoms with Crippen LogP contribution >= 0.6 is 0 Å². The third kappa shape index (κ3) is 3.91. The smallest absolute Gasteiger partial charge is 0.416 e. The molecule has 1 unspecified atom stereocenters. The van der Waals surface area contributed by atoms with E-state index in [0.29, 0.717) is 28.4 Å². The minimum atomic E-state index is -0.663. The molecule has 2 aromatic heterocycles. The van der Waals surface area contributed by atoms with E-state index in [1.807, 2.05) is 40.7 Å². The largest absolute Gasteiger partial charge is 0.443 e. The standard InChI is InChI=1S/C25H27N5O4/c1-13-19(14(2)34-29-13)16-11-17(21(31)22-26-9-6-10-27-22)20-18(12-16)30(23(28-20)15-7-8-15)24(32)33-25(3,4)5/h6,9-12,15,23,28H,7-8H2,1-5H3. The number of amides is 1. The number of carbonyl (C=O) groups excluding carboxylic acids is 2. The number of benzene rings is 1. The van der Waals surface area contributed by atoms with E-state index in [4.69, 9.17) is 9.26 Å². The third-order valence-electron chi connectivity index (χ3n) is 5.94. The summed E-state index contributed by atoms with van der Waals surface area (Å²) in [7, 11) is 0. The molecule has 3 aromatic rings. The molecule has 176 valence electrons. The predicted octanol–water partition coefficient (Wildman–Crippen LogP) is 4.88. The molecular formula is C25H27N5O4. The van der Waals surface area contributed by atoms with Crippen molar-refractivity contribution in [2.24, 2.45) is 5.92 Å². The monoisotopic (exact) mass is 461 g/mol. The van der Waals surface area contributed by atoms with Gasteiger partial charge in [-0.2, -0.15) is 0 Å². The van der Waals surface area contributed by atoms with Crippen LogP contribution < -0.4 is 10.2 Å². The maximum atomic E-state index is 13.6. The van der Waals surface area contributed by atoms with Crippen molar-refractivity contribution in [1.29, 1.82) is 0 Å². The molecule has 1 aromatic carbocycles. The van der Waals surface area contributed by atoms with Crippen LogP contribution in [0.25, 0.3) is 11.1 Å². The molecule has 3 heterocycles. The molecule has 1 aliphatic carbocycles. The van der Waals surface area contributed by atoms with Gasteiger partial charge in [-0.3, -0.25) is 9.69 Å². The zero-order valence-electron chi connectivity index (χ0n) is 19.9. The van der Waals surface area contributed by atoms with Gasteiger partial charge in [-0.25, -0.2) is 14.8 Å². The maximum Gasteiger partial charge on any atom is 0.416 e. The van der Waals surface area contributed by atoms with E-state index in [2.05, 4.69) is 20.4 Å². The lowest BCUT2D eigenvalue weighted by Gasteiger charge is -2.28. The van der Waals surface area contributed by atoms with Crippen LogP contribution in [0.15, 0.2) is 35.1 Å². The number of ketones is 1. The zero-order valence-corrected chi connectivity index (χ0v) is 19.9. The number of nitrogens with one attached hydrogen (secondary N) is 1. The number of hydrogen-bond donors (Lipinski definition) is 1. The highest BCUT2D eigenvalue weighted by molar-refractivity contribution is 6.15. The molecule has 1 fully saturated rings. The van der Waals surface area contributed by atoms with Crippen molar-refractivity contribution in [2.75, 3.05) is 10.2 Å². The molecule has 5 rings (SSSR count). The highest BCUT2D eigenvalue weighted by atomic mass is 16.6. The highest BCUT2D eigenvalue weighted by Gasteiger charge is 2.46. The van der Waals surface area contributed by atoms with Gasteiger partial charge in [0.15, 0.2) is 0 Å². The average molecular weight is 462 g/mol. The molecular weight excluding hydrogens is 434 g/mol. The van der Waals surface area contributed by atoms with Crippen LogP contribution in [-0.4, -0.2) is 38.8 Å². The SMILES string of the molecule is Cc1noc(C)c1-c1cc(C(=O)c2ncccn2)c2c(c1)N(C(=O)OC(C)(C)C)C(C1CC1)N2. The molecule has 1 N–H and O–H groups in total. The molecule has 0 radical (unpaired) electrons. The number of nitrogens with zero attached hydrogens (tertiary/aromatic N) is 4. The van der Waals surface area contributed by atoms with E-state index >= 15 is 0 Å². The Kier molecular flexibility index (Phi) is 5.15. The fourth-order valence-corrected chi connectivity index (χ4v) is 4.35. The molecule has 34 heavy (non-hydrogen) atoms. The van der Waals surface area contributed by atoms with Crippen molar-refractivity contribution in [2.45, 2.75) is 59.2 Å². The molecule has 1 saturated carbocycles. The molecule has 0 bridgehead atoms. The lowest BCUT2D eigenvalue weighted by molar-refractivity contribution is 0.0569. The van der Waals surface area contributed by atoms with Crippen LogP contribution in [-0.2, 0) is 4.74 Å². The Morgan fingerprint density at radius 1 is 1.15 bits per heavy atom. The number of aryl methyl sites for hydroxylation is 2. The molecule has 9 nitrogen and oxygen atoms in total. The quantitative estimate of drug-likeness (QED) is 0.547. The Bertz CT molecular complexity index is 1250. The van der Waals surface area contributed by atoms with E-state index in [1.165, 1.54) is 12.4 Å². The van der Waals surface area contributed by atoms with E-state index in [9.17, 15) is 9.59 Å². The number of fused-ring (bicyclic) bond motifs is 1. The topological polar surface area (TPSA) is 110 Å². The second-order valence-corrected chi connectivity index (χ2v) is 9.80. The zero-order chi connectivity index (χ0) is 24.2. The van der Waals surface area contributed by atoms with Crippen LogP contribution in [0.2, 0.25) is 0 Å². The number of carbonyl (C=O) groups is 2. The first kappa shape index (κ1) is 22.1. The van der Waals surface area contributed by atoms with Crippen LogP contribution in [0.1, 0.15) is 61.2 Å². The fraction of sp³-hybridized carbons (Fsp3) is 0.400. The summed E-state index contributed by atoms with van der Waals surface area (Å²) in [5.74, 6) is 0.651. The van der Waals surface area contributed by atoms with Crippen LogP contribution in [0, 0.1) is 19.8 Å². The van der Waals surface area contributed by atoms with Gasteiger partial charge in [0.1, 0.15) is 17.5 Å². The Morgan fingerprint density at radius 3 is 2.44 bits per heavy atom. The van der Waals surface area contributed by atoms with Crippen molar-refractivity contribution < 1.29 is 18.8 Å². The predicted molar refractivity (Wildman–Crippen MR) is 126 cm³/mol. The second kappa shape index (κ2) is 7.93. The summed E-state index contributed by atoms with van der Waals surface area (Å²) < 4.78 is 11.1. The van der Waals surface area contributed by atoms with E-state index in [-0.39, 0.29) is 23.7 Å². The van der Waals surface area contributed by atoms with Gasteiger partial charge in [0.05, 0.1) is 22.6 Å². The maximum absolute atomic E-state index is 13.6. The van der Waals surface area contributed by atoms with Gasteiger partial charge >= 0.3 is 6.09 Å². The summed E-state index contributed by atoms with van der Waals surface area (Å²) in [4.78, 5) is 36.9. The summed E-state index contributed by atoms with van der Waals surface area (Å²) in [6, 6.07) is 5.34. The molecule has 9 heteroatoms. The lowest BCUT2D eigenvalue weighted by atomic mass is 9.97. The molecule has 1 aliphatic heterocycles. The Balaban J connectivity index is 1.70. The third-order valence-corrected chi connectivity index (χ3v) is 5.94. The first-order chi connectivity index (χ1) is 16.1. The first-order valence-corrected chi connectivity index (χ1v) is 11.4. The Hall–Kier alpha value is -3.75. The van der Waals surface area contributed by atoms with Gasteiger partial charge < -0.3 is 14.6 Å². The minimum Gasteiger partial charge on any atom is -0.443 e. The molecule has 2 aliphatic rings. The summed E-state index contributed by atoms with van der Waals surface area (Å²) >= 11 is 0. The molecule has 1 atom stereocenters. The van der Waals surface area contributed by atoms with Crippen molar-refractivity contribution >= 4 is 23.3 Å². The fourth-order valence-electron chi connectivity index (χ4n) is 4.35. The van der Waals surface area contributed by atoms with E-state index < -0.39 is 11.7 Å². The van der Waals surface area contributed by atoms with Gasteiger partial charge in [-0.15, -0.1) is 0 Å². The number of ether oxygens (including phenoxy) is 1. The van der Waals surface area contributed by atoms with E-state index in [1.54, 1.807) is 17.0 Å². The normalized spacial score (nSPS) is 17.3. The summed E-state index contributed by atoms with van der Waals surface area (Å²) in [6.07, 6.45) is 4.30. The first-order valence-electron chi connectivity index (χ1n) is 11.4. The molecule has 0 saturated heterocycles. The number of rotatable bonds is 4. The average Bonchev–Trinajstić information content (AvgIpc) is 3.48. The van der Waals surface area contributed by atoms with Crippen LogP contribution in [0.4, 0.5) is 16.2 Å². The molecule has 1 amide bonds. The number of hydrogen-bond acceptors (Lipinski definition) is 8. The van der Waals surface area contributed by atoms with Crippen molar-refractivity contribution in [1.82, 2.24) is 15.1 Å². The van der Waals surface area contributed by atoms with Gasteiger partial charge in [-0.1, -0.05) is 5.16 Å². The van der Waals surface area contributed by atoms with Crippen molar-refractivity contribution in [3.05, 3.63) is 53.4 Å². The lowest BCUT2D eigenvalue weighted by Crippen LogP contribution is -2.44. The van der Waals surface area contributed by atoms with Crippen molar-refractivity contribution in [3.8, 4) is 11.1 Å². The highest BCUT2D eigenvalue weighted by Crippen LogP contribution is 2.48. The summed E-state index contributed by atoms with van der Waals surface area (Å²) in [6.45, 7) is 9.18. The number of anilines is 2. The number of aromatic nitrogens is 3. The Morgan fingerprint density at radius 2 is 1.85 bits per heavy atom.